The topological polar surface area (TPSA) is 54.4 Å². The van der Waals surface area contributed by atoms with Crippen molar-refractivity contribution in [3.8, 4) is 0 Å². The molecule has 3 nitrogen and oxygen atoms in total. The summed E-state index contributed by atoms with van der Waals surface area (Å²) < 4.78 is 8.19. The van der Waals surface area contributed by atoms with Crippen LogP contribution in [0.4, 0.5) is 0 Å². The number of rotatable bonds is 6. The molecule has 0 saturated carbocycles. The summed E-state index contributed by atoms with van der Waals surface area (Å²) in [5, 5.41) is 8.27. The monoisotopic (exact) mass is 211 g/mol. The molecule has 0 aromatic heterocycles. The molecule has 0 spiro atoms. The molecule has 0 aromatic rings. The Labute approximate surface area is 82.7 Å². The molecule has 0 bridgehead atoms. The fourth-order valence-electron chi connectivity index (χ4n) is 0.880. The Bertz CT molecular complexity index is 106. The second-order valence-corrected chi connectivity index (χ2v) is 2.56. The minimum absolute atomic E-state index is 0.337. The van der Waals surface area contributed by atoms with Crippen LogP contribution in [-0.2, 0) is 25.8 Å². The molecule has 1 N–H and O–H groups in total. The molecule has 0 amide bonds. The molecule has 12 heavy (non-hydrogen) atoms. The van der Waals surface area contributed by atoms with Crippen molar-refractivity contribution in [1.82, 2.24) is 0 Å². The van der Waals surface area contributed by atoms with E-state index in [1.165, 1.54) is 19.3 Å². The number of carboxylic acid groups (broad SMARTS) is 1. The van der Waals surface area contributed by atoms with E-state index in [9.17, 15) is 4.79 Å². The van der Waals surface area contributed by atoms with Crippen LogP contribution in [0.15, 0.2) is 0 Å². The summed E-state index contributed by atoms with van der Waals surface area (Å²) in [5.74, 6) is -0.670. The van der Waals surface area contributed by atoms with Crippen LogP contribution in [0.3, 0.4) is 0 Å². The molecule has 0 unspecified atom stereocenters. The molecule has 0 rings (SSSR count). The van der Waals surface area contributed by atoms with Crippen LogP contribution in [0.5, 0.6) is 0 Å². The van der Waals surface area contributed by atoms with E-state index in [2.05, 4.69) is 6.92 Å². The van der Waals surface area contributed by atoms with Gasteiger partial charge in [-0.1, -0.05) is 32.6 Å². The Morgan fingerprint density at radius 1 is 1.17 bits per heavy atom. The van der Waals surface area contributed by atoms with E-state index < -0.39 is 5.97 Å². The number of hydrogen-bond acceptors (Lipinski definition) is 2. The molecular weight excluding hydrogens is 195 g/mol. The van der Waals surface area contributed by atoms with Gasteiger partial charge in [0.2, 0.25) is 0 Å². The van der Waals surface area contributed by atoms with Gasteiger partial charge in [0.1, 0.15) is 0 Å². The van der Waals surface area contributed by atoms with Crippen LogP contribution in [-0.4, -0.2) is 11.1 Å². The third kappa shape index (κ3) is 16.4. The van der Waals surface area contributed by atoms with Gasteiger partial charge in [0.15, 0.2) is 0 Å². The molecule has 0 aromatic carbocycles. The summed E-state index contributed by atoms with van der Waals surface area (Å²) in [6, 6.07) is 0. The van der Waals surface area contributed by atoms with Gasteiger partial charge in [0.05, 0.1) is 0 Å². The van der Waals surface area contributed by atoms with E-state index in [1.54, 1.807) is 0 Å². The average Bonchev–Trinajstić information content (AvgIpc) is 2.07. The van der Waals surface area contributed by atoms with Gasteiger partial charge in [0, 0.05) is 6.42 Å². The summed E-state index contributed by atoms with van der Waals surface area (Å²) in [6.07, 6.45) is 5.88. The van der Waals surface area contributed by atoms with Crippen LogP contribution in [0.2, 0.25) is 0 Å². The predicted octanol–water partition coefficient (Wildman–Crippen LogP) is 2.31. The van der Waals surface area contributed by atoms with Gasteiger partial charge in [-0.15, -0.1) is 0 Å². The SMILES string of the molecule is CCCCCCCC(=O)O.[O]=[V]. The van der Waals surface area contributed by atoms with Crippen molar-refractivity contribution < 1.29 is 30.9 Å². The van der Waals surface area contributed by atoms with Crippen molar-refractivity contribution in [3.05, 3.63) is 0 Å². The Balaban J connectivity index is 0. The summed E-state index contributed by atoms with van der Waals surface area (Å²) in [7, 11) is 0. The van der Waals surface area contributed by atoms with Crippen LogP contribution in [0.25, 0.3) is 0 Å². The zero-order valence-corrected chi connectivity index (χ0v) is 8.85. The van der Waals surface area contributed by atoms with Crippen molar-refractivity contribution in [3.63, 3.8) is 0 Å². The van der Waals surface area contributed by atoms with E-state index >= 15 is 0 Å². The van der Waals surface area contributed by atoms with Gasteiger partial charge in [-0.25, -0.2) is 0 Å². The summed E-state index contributed by atoms with van der Waals surface area (Å²) in [4.78, 5) is 10.0. The number of aliphatic carboxylic acids is 1. The van der Waals surface area contributed by atoms with Crippen LogP contribution in [0, 0.1) is 0 Å². The van der Waals surface area contributed by atoms with Crippen molar-refractivity contribution in [2.75, 3.05) is 0 Å². The maximum absolute atomic E-state index is 10.0. The second-order valence-electron chi connectivity index (χ2n) is 2.56. The van der Waals surface area contributed by atoms with Crippen LogP contribution in [0.1, 0.15) is 45.4 Å². The summed E-state index contributed by atoms with van der Waals surface area (Å²) >= 11 is 1.06. The Kier molecular flexibility index (Phi) is 16.1. The summed E-state index contributed by atoms with van der Waals surface area (Å²) in [5.41, 5.74) is 0. The number of carboxylic acids is 1. The van der Waals surface area contributed by atoms with Gasteiger partial charge in [-0.3, -0.25) is 4.79 Å². The number of hydrogen-bond donors (Lipinski definition) is 1. The van der Waals surface area contributed by atoms with Gasteiger partial charge in [-0.2, -0.15) is 0 Å². The summed E-state index contributed by atoms with van der Waals surface area (Å²) in [6.45, 7) is 2.15. The van der Waals surface area contributed by atoms with Crippen molar-refractivity contribution in [1.29, 1.82) is 0 Å². The molecule has 0 aliphatic carbocycles. The molecule has 0 atom stereocenters. The van der Waals surface area contributed by atoms with E-state index in [0.717, 1.165) is 30.2 Å². The number of carbonyl (C=O) groups is 1. The predicted molar refractivity (Wildman–Crippen MR) is 41.7 cm³/mol. The van der Waals surface area contributed by atoms with Gasteiger partial charge in [0.25, 0.3) is 0 Å². The van der Waals surface area contributed by atoms with Crippen LogP contribution >= 0.6 is 0 Å². The third-order valence-corrected chi connectivity index (χ3v) is 1.49. The minimum atomic E-state index is -0.670. The molecule has 0 fully saturated rings. The first-order valence-electron chi connectivity index (χ1n) is 4.17. The standard InChI is InChI=1S/C8H16O2.O.V/c1-2-3-4-5-6-7-8(9)10;;/h2-7H2,1H3,(H,9,10);;. The fraction of sp³-hybridized carbons (Fsp3) is 0.875. The fourth-order valence-corrected chi connectivity index (χ4v) is 0.880. The zero-order chi connectivity index (χ0) is 9.82. The van der Waals surface area contributed by atoms with E-state index in [-0.39, 0.29) is 0 Å². The zero-order valence-electron chi connectivity index (χ0n) is 7.45. The Morgan fingerprint density at radius 3 is 2.08 bits per heavy atom. The molecule has 0 aliphatic rings. The van der Waals surface area contributed by atoms with E-state index in [4.69, 9.17) is 8.78 Å². The van der Waals surface area contributed by atoms with Gasteiger partial charge in [-0.05, 0) is 6.42 Å². The number of unbranched alkanes of at least 4 members (excludes halogenated alkanes) is 4. The molecule has 71 valence electrons. The second kappa shape index (κ2) is 13.4. The molecule has 0 heterocycles. The molecule has 4 heteroatoms. The molecular formula is C8H16O3V. The first-order valence-corrected chi connectivity index (χ1v) is 4.74. The third-order valence-electron chi connectivity index (χ3n) is 1.49. The normalized spacial score (nSPS) is 8.33. The first kappa shape index (κ1) is 14.4. The van der Waals surface area contributed by atoms with E-state index in [1.807, 2.05) is 0 Å². The Morgan fingerprint density at radius 2 is 1.67 bits per heavy atom. The Hall–Kier alpha value is -0.146. The van der Waals surface area contributed by atoms with E-state index in [0.29, 0.717) is 6.42 Å². The maximum atomic E-state index is 10.0. The van der Waals surface area contributed by atoms with Crippen molar-refractivity contribution in [2.45, 2.75) is 45.4 Å². The van der Waals surface area contributed by atoms with Crippen molar-refractivity contribution >= 4 is 5.97 Å². The first-order chi connectivity index (χ1) is 5.77. The molecule has 0 radical (unpaired) electrons. The molecule has 0 aliphatic heterocycles. The molecule has 0 saturated heterocycles. The van der Waals surface area contributed by atoms with Crippen LogP contribution < -0.4 is 0 Å². The van der Waals surface area contributed by atoms with Gasteiger partial charge < -0.3 is 5.11 Å². The quantitative estimate of drug-likeness (QED) is 0.686. The average molecular weight is 211 g/mol. The van der Waals surface area contributed by atoms with Crippen molar-refractivity contribution in [2.24, 2.45) is 0 Å². The van der Waals surface area contributed by atoms with Gasteiger partial charge >= 0.3 is 27.0 Å².